The number of pyridine rings is 1. The first-order chi connectivity index (χ1) is 11.5. The molecule has 0 aliphatic rings. The van der Waals surface area contributed by atoms with Crippen LogP contribution in [0.2, 0.25) is 0 Å². The largest absolute Gasteiger partial charge is 0.264 e. The molecule has 124 valence electrons. The van der Waals surface area contributed by atoms with Crippen LogP contribution in [0.25, 0.3) is 10.4 Å². The van der Waals surface area contributed by atoms with Gasteiger partial charge in [0.2, 0.25) is 0 Å². The van der Waals surface area contributed by atoms with E-state index >= 15 is 0 Å². The van der Waals surface area contributed by atoms with Crippen LogP contribution in [0.5, 0.6) is 0 Å². The maximum atomic E-state index is 12.5. The molecule has 2 heterocycles. The second-order valence-electron chi connectivity index (χ2n) is 5.28. The van der Waals surface area contributed by atoms with Crippen molar-refractivity contribution in [2.45, 2.75) is 25.2 Å². The van der Waals surface area contributed by atoms with Crippen molar-refractivity contribution in [3.8, 4) is 10.4 Å². The SMILES string of the molecule is CCc1ccc(S(=O)(=O)Nc2nc(C)c(-c3cccnc3)s2)cc1. The molecule has 0 saturated heterocycles. The normalized spacial score (nSPS) is 11.4. The summed E-state index contributed by atoms with van der Waals surface area (Å²) in [6.45, 7) is 3.88. The number of nitrogens with zero attached hydrogens (tertiary/aromatic N) is 2. The fraction of sp³-hybridized carbons (Fsp3) is 0.176. The Hall–Kier alpha value is -2.25. The third-order valence-corrected chi connectivity index (χ3v) is 6.19. The van der Waals surface area contributed by atoms with E-state index in [4.69, 9.17) is 0 Å². The van der Waals surface area contributed by atoms with E-state index < -0.39 is 10.0 Å². The summed E-state index contributed by atoms with van der Waals surface area (Å²) in [6, 6.07) is 10.6. The molecule has 0 aliphatic heterocycles. The standard InChI is InChI=1S/C17H17N3O2S2/c1-3-13-6-8-15(9-7-13)24(21,22)20-17-19-12(2)16(23-17)14-5-4-10-18-11-14/h4-11H,3H2,1-2H3,(H,19,20). The van der Waals surface area contributed by atoms with Crippen molar-refractivity contribution in [2.75, 3.05) is 4.72 Å². The lowest BCUT2D eigenvalue weighted by molar-refractivity contribution is 0.601. The molecule has 1 aromatic carbocycles. The fourth-order valence-corrected chi connectivity index (χ4v) is 4.47. The molecular formula is C17H17N3O2S2. The Kier molecular flexibility index (Phi) is 4.64. The summed E-state index contributed by atoms with van der Waals surface area (Å²) in [5.41, 5.74) is 2.79. The van der Waals surface area contributed by atoms with E-state index in [1.54, 1.807) is 24.5 Å². The van der Waals surface area contributed by atoms with Crippen LogP contribution in [0.4, 0.5) is 5.13 Å². The predicted molar refractivity (Wildman–Crippen MR) is 96.7 cm³/mol. The quantitative estimate of drug-likeness (QED) is 0.750. The molecular weight excluding hydrogens is 342 g/mol. The van der Waals surface area contributed by atoms with Crippen LogP contribution < -0.4 is 4.72 Å². The van der Waals surface area contributed by atoms with E-state index in [0.717, 1.165) is 28.1 Å². The highest BCUT2D eigenvalue weighted by molar-refractivity contribution is 7.93. The van der Waals surface area contributed by atoms with Crippen LogP contribution in [-0.2, 0) is 16.4 Å². The Balaban J connectivity index is 1.88. The Morgan fingerprint density at radius 3 is 2.54 bits per heavy atom. The average molecular weight is 359 g/mol. The zero-order chi connectivity index (χ0) is 17.2. The average Bonchev–Trinajstić information content (AvgIpc) is 2.95. The van der Waals surface area contributed by atoms with Gasteiger partial charge in [-0.25, -0.2) is 13.4 Å². The van der Waals surface area contributed by atoms with Crippen molar-refractivity contribution in [3.05, 3.63) is 60.0 Å². The lowest BCUT2D eigenvalue weighted by Gasteiger charge is -2.05. The summed E-state index contributed by atoms with van der Waals surface area (Å²) in [7, 11) is -3.64. The first kappa shape index (κ1) is 16.6. The van der Waals surface area contributed by atoms with Gasteiger partial charge in [-0.2, -0.15) is 0 Å². The topological polar surface area (TPSA) is 72.0 Å². The highest BCUT2D eigenvalue weighted by Gasteiger charge is 2.18. The van der Waals surface area contributed by atoms with Crippen molar-refractivity contribution in [1.29, 1.82) is 0 Å². The number of anilines is 1. The first-order valence-electron chi connectivity index (χ1n) is 7.49. The van der Waals surface area contributed by atoms with E-state index in [1.165, 1.54) is 11.3 Å². The Morgan fingerprint density at radius 2 is 1.92 bits per heavy atom. The lowest BCUT2D eigenvalue weighted by Crippen LogP contribution is -2.12. The van der Waals surface area contributed by atoms with Crippen molar-refractivity contribution >= 4 is 26.5 Å². The van der Waals surface area contributed by atoms with Gasteiger partial charge in [-0.1, -0.05) is 36.5 Å². The number of hydrogen-bond acceptors (Lipinski definition) is 5. The van der Waals surface area contributed by atoms with Gasteiger partial charge in [-0.3, -0.25) is 9.71 Å². The number of nitrogens with one attached hydrogen (secondary N) is 1. The van der Waals surface area contributed by atoms with E-state index in [-0.39, 0.29) is 4.90 Å². The van der Waals surface area contributed by atoms with Crippen LogP contribution in [0, 0.1) is 6.92 Å². The summed E-state index contributed by atoms with van der Waals surface area (Å²) >= 11 is 1.30. The second kappa shape index (κ2) is 6.70. The molecule has 0 aliphatic carbocycles. The molecule has 3 rings (SSSR count). The third-order valence-electron chi connectivity index (χ3n) is 3.58. The van der Waals surface area contributed by atoms with Gasteiger partial charge in [0.15, 0.2) is 5.13 Å². The molecule has 5 nitrogen and oxygen atoms in total. The van der Waals surface area contributed by atoms with E-state index in [0.29, 0.717) is 5.13 Å². The Labute approximate surface area is 145 Å². The Morgan fingerprint density at radius 1 is 1.17 bits per heavy atom. The van der Waals surface area contributed by atoms with Gasteiger partial charge in [0.1, 0.15) is 0 Å². The Bertz CT molecular complexity index is 934. The van der Waals surface area contributed by atoms with Crippen LogP contribution in [0.15, 0.2) is 53.7 Å². The van der Waals surface area contributed by atoms with Gasteiger partial charge in [-0.15, -0.1) is 0 Å². The minimum atomic E-state index is -3.64. The molecule has 0 fully saturated rings. The smallest absolute Gasteiger partial charge is 0.263 e. The van der Waals surface area contributed by atoms with Crippen molar-refractivity contribution in [1.82, 2.24) is 9.97 Å². The molecule has 0 radical (unpaired) electrons. The van der Waals surface area contributed by atoms with Gasteiger partial charge in [-0.05, 0) is 37.1 Å². The van der Waals surface area contributed by atoms with Crippen LogP contribution in [0.3, 0.4) is 0 Å². The molecule has 1 N–H and O–H groups in total. The van der Waals surface area contributed by atoms with Gasteiger partial charge in [0.05, 0.1) is 15.5 Å². The highest BCUT2D eigenvalue weighted by Crippen LogP contribution is 2.33. The van der Waals surface area contributed by atoms with E-state index in [1.807, 2.05) is 38.1 Å². The van der Waals surface area contributed by atoms with E-state index in [2.05, 4.69) is 14.7 Å². The maximum Gasteiger partial charge on any atom is 0.263 e. The zero-order valence-electron chi connectivity index (χ0n) is 13.4. The fourth-order valence-electron chi connectivity index (χ4n) is 2.28. The van der Waals surface area contributed by atoms with Crippen molar-refractivity contribution in [3.63, 3.8) is 0 Å². The molecule has 0 spiro atoms. The molecule has 7 heteroatoms. The van der Waals surface area contributed by atoms with Gasteiger partial charge >= 0.3 is 0 Å². The predicted octanol–water partition coefficient (Wildman–Crippen LogP) is 3.88. The number of aryl methyl sites for hydroxylation is 2. The second-order valence-corrected chi connectivity index (χ2v) is 7.96. The summed E-state index contributed by atoms with van der Waals surface area (Å²) in [5.74, 6) is 0. The molecule has 0 unspecified atom stereocenters. The number of aromatic nitrogens is 2. The molecule has 24 heavy (non-hydrogen) atoms. The zero-order valence-corrected chi connectivity index (χ0v) is 15.0. The third kappa shape index (κ3) is 3.47. The van der Waals surface area contributed by atoms with Gasteiger partial charge in [0, 0.05) is 18.0 Å². The van der Waals surface area contributed by atoms with Crippen LogP contribution >= 0.6 is 11.3 Å². The highest BCUT2D eigenvalue weighted by atomic mass is 32.2. The molecule has 0 atom stereocenters. The van der Waals surface area contributed by atoms with E-state index in [9.17, 15) is 8.42 Å². The van der Waals surface area contributed by atoms with Gasteiger partial charge < -0.3 is 0 Å². The minimum absolute atomic E-state index is 0.232. The summed E-state index contributed by atoms with van der Waals surface area (Å²) in [4.78, 5) is 9.56. The first-order valence-corrected chi connectivity index (χ1v) is 9.79. The van der Waals surface area contributed by atoms with Crippen LogP contribution in [-0.4, -0.2) is 18.4 Å². The molecule has 0 amide bonds. The summed E-state index contributed by atoms with van der Waals surface area (Å²) in [6.07, 6.45) is 4.31. The number of hydrogen-bond donors (Lipinski definition) is 1. The minimum Gasteiger partial charge on any atom is -0.264 e. The molecule has 0 bridgehead atoms. The van der Waals surface area contributed by atoms with Gasteiger partial charge in [0.25, 0.3) is 10.0 Å². The molecule has 3 aromatic rings. The van der Waals surface area contributed by atoms with Crippen molar-refractivity contribution in [2.24, 2.45) is 0 Å². The number of sulfonamides is 1. The molecule has 0 saturated carbocycles. The number of thiazole rings is 1. The lowest BCUT2D eigenvalue weighted by atomic mass is 10.2. The number of benzene rings is 1. The maximum absolute atomic E-state index is 12.5. The monoisotopic (exact) mass is 359 g/mol. The summed E-state index contributed by atoms with van der Waals surface area (Å²) < 4.78 is 27.6. The molecule has 2 aromatic heterocycles. The summed E-state index contributed by atoms with van der Waals surface area (Å²) in [5, 5.41) is 0.353. The van der Waals surface area contributed by atoms with Crippen LogP contribution in [0.1, 0.15) is 18.2 Å². The number of rotatable bonds is 5. The van der Waals surface area contributed by atoms with Crippen molar-refractivity contribution < 1.29 is 8.42 Å².